The Morgan fingerprint density at radius 1 is 1.24 bits per heavy atom. The standard InChI is InChI=1S/C17H20N2O2/c1-12(8-10-14-6-4-3-5-7-14)18-16-15(17(20)21)11-9-13(2)19-16/h3-7,9,11-12H,8,10H2,1-2H3,(H,18,19)(H,20,21). The number of hydrogen-bond acceptors (Lipinski definition) is 3. The quantitative estimate of drug-likeness (QED) is 0.852. The van der Waals surface area contributed by atoms with Crippen LogP contribution in [0.25, 0.3) is 0 Å². The molecule has 110 valence electrons. The summed E-state index contributed by atoms with van der Waals surface area (Å²) in [6.45, 7) is 3.89. The SMILES string of the molecule is Cc1ccc(C(=O)O)c(NC(C)CCc2ccccc2)n1. The van der Waals surface area contributed by atoms with Gasteiger partial charge in [-0.25, -0.2) is 9.78 Å². The first-order valence-electron chi connectivity index (χ1n) is 7.07. The number of nitrogens with zero attached hydrogens (tertiary/aromatic N) is 1. The molecule has 2 rings (SSSR count). The summed E-state index contributed by atoms with van der Waals surface area (Å²) in [6, 6.07) is 13.7. The summed E-state index contributed by atoms with van der Waals surface area (Å²) < 4.78 is 0. The Bertz CT molecular complexity index is 611. The largest absolute Gasteiger partial charge is 0.478 e. The van der Waals surface area contributed by atoms with Crippen LogP contribution in [0, 0.1) is 6.92 Å². The first-order chi connectivity index (χ1) is 10.1. The van der Waals surface area contributed by atoms with Crippen LogP contribution in [0.5, 0.6) is 0 Å². The van der Waals surface area contributed by atoms with Crippen LogP contribution in [0.3, 0.4) is 0 Å². The summed E-state index contributed by atoms with van der Waals surface area (Å²) in [6.07, 6.45) is 1.86. The fraction of sp³-hybridized carbons (Fsp3) is 0.294. The molecule has 2 N–H and O–H groups in total. The molecule has 1 aromatic carbocycles. The molecular weight excluding hydrogens is 264 g/mol. The van der Waals surface area contributed by atoms with Gasteiger partial charge in [-0.1, -0.05) is 30.3 Å². The van der Waals surface area contributed by atoms with E-state index in [9.17, 15) is 9.90 Å². The fourth-order valence-electron chi connectivity index (χ4n) is 2.17. The lowest BCUT2D eigenvalue weighted by Gasteiger charge is -2.16. The summed E-state index contributed by atoms with van der Waals surface area (Å²) in [5.74, 6) is -0.511. The smallest absolute Gasteiger partial charge is 0.339 e. The van der Waals surface area contributed by atoms with Gasteiger partial charge in [0, 0.05) is 11.7 Å². The molecular formula is C17H20N2O2. The van der Waals surface area contributed by atoms with Gasteiger partial charge in [0.1, 0.15) is 11.4 Å². The van der Waals surface area contributed by atoms with Crippen molar-refractivity contribution in [2.75, 3.05) is 5.32 Å². The predicted octanol–water partition coefficient (Wildman–Crippen LogP) is 3.52. The highest BCUT2D eigenvalue weighted by atomic mass is 16.4. The molecule has 0 bridgehead atoms. The second-order valence-electron chi connectivity index (χ2n) is 5.22. The lowest BCUT2D eigenvalue weighted by atomic mass is 10.1. The van der Waals surface area contributed by atoms with Gasteiger partial charge in [-0.2, -0.15) is 0 Å². The number of aryl methyl sites for hydroxylation is 2. The highest BCUT2D eigenvalue weighted by Gasteiger charge is 2.13. The van der Waals surface area contributed by atoms with Gasteiger partial charge in [-0.05, 0) is 44.4 Å². The van der Waals surface area contributed by atoms with Gasteiger partial charge < -0.3 is 10.4 Å². The van der Waals surface area contributed by atoms with E-state index in [2.05, 4.69) is 22.4 Å². The summed E-state index contributed by atoms with van der Waals surface area (Å²) in [4.78, 5) is 15.5. The Hall–Kier alpha value is -2.36. The second-order valence-corrected chi connectivity index (χ2v) is 5.22. The Morgan fingerprint density at radius 2 is 1.95 bits per heavy atom. The average molecular weight is 284 g/mol. The third-order valence-electron chi connectivity index (χ3n) is 3.36. The molecule has 0 aliphatic carbocycles. The summed E-state index contributed by atoms with van der Waals surface area (Å²) >= 11 is 0. The van der Waals surface area contributed by atoms with Crippen molar-refractivity contribution in [1.82, 2.24) is 4.98 Å². The molecule has 1 heterocycles. The van der Waals surface area contributed by atoms with Crippen molar-refractivity contribution in [3.8, 4) is 0 Å². The predicted molar refractivity (Wildman–Crippen MR) is 83.8 cm³/mol. The van der Waals surface area contributed by atoms with Crippen LogP contribution in [0.1, 0.15) is 35.0 Å². The number of carboxylic acid groups (broad SMARTS) is 1. The molecule has 1 unspecified atom stereocenters. The van der Waals surface area contributed by atoms with E-state index in [1.54, 1.807) is 12.1 Å². The second kappa shape index (κ2) is 6.88. The molecule has 4 heteroatoms. The van der Waals surface area contributed by atoms with Crippen molar-refractivity contribution in [1.29, 1.82) is 0 Å². The van der Waals surface area contributed by atoms with E-state index < -0.39 is 5.97 Å². The first kappa shape index (κ1) is 15.0. The first-order valence-corrected chi connectivity index (χ1v) is 7.07. The number of aromatic nitrogens is 1. The third-order valence-corrected chi connectivity index (χ3v) is 3.36. The number of aromatic carboxylic acids is 1. The van der Waals surface area contributed by atoms with Gasteiger partial charge in [-0.15, -0.1) is 0 Å². The van der Waals surface area contributed by atoms with Crippen molar-refractivity contribution in [3.63, 3.8) is 0 Å². The van der Waals surface area contributed by atoms with E-state index in [4.69, 9.17) is 0 Å². The van der Waals surface area contributed by atoms with E-state index in [0.29, 0.717) is 5.82 Å². The molecule has 4 nitrogen and oxygen atoms in total. The number of nitrogens with one attached hydrogen (secondary N) is 1. The van der Waals surface area contributed by atoms with Crippen LogP contribution < -0.4 is 5.32 Å². The minimum atomic E-state index is -0.958. The number of carboxylic acids is 1. The molecule has 0 saturated heterocycles. The molecule has 1 atom stereocenters. The Balaban J connectivity index is 2.01. The van der Waals surface area contributed by atoms with E-state index in [1.165, 1.54) is 5.56 Å². The summed E-state index contributed by atoms with van der Waals surface area (Å²) in [7, 11) is 0. The topological polar surface area (TPSA) is 62.2 Å². The monoisotopic (exact) mass is 284 g/mol. The van der Waals surface area contributed by atoms with E-state index in [1.807, 2.05) is 32.0 Å². The van der Waals surface area contributed by atoms with Gasteiger partial charge in [-0.3, -0.25) is 0 Å². The number of rotatable bonds is 6. The number of benzene rings is 1. The zero-order chi connectivity index (χ0) is 15.2. The Labute approximate surface area is 124 Å². The molecule has 0 spiro atoms. The maximum Gasteiger partial charge on any atom is 0.339 e. The zero-order valence-corrected chi connectivity index (χ0v) is 12.3. The summed E-state index contributed by atoms with van der Waals surface area (Å²) in [5.41, 5.74) is 2.30. The molecule has 2 aromatic rings. The van der Waals surface area contributed by atoms with Crippen molar-refractivity contribution in [2.24, 2.45) is 0 Å². The third kappa shape index (κ3) is 4.31. The molecule has 21 heavy (non-hydrogen) atoms. The number of hydrogen-bond donors (Lipinski definition) is 2. The lowest BCUT2D eigenvalue weighted by molar-refractivity contribution is 0.0697. The van der Waals surface area contributed by atoms with Gasteiger partial charge >= 0.3 is 5.97 Å². The Morgan fingerprint density at radius 3 is 2.62 bits per heavy atom. The van der Waals surface area contributed by atoms with E-state index >= 15 is 0 Å². The lowest BCUT2D eigenvalue weighted by Crippen LogP contribution is -2.19. The highest BCUT2D eigenvalue weighted by Crippen LogP contribution is 2.16. The zero-order valence-electron chi connectivity index (χ0n) is 12.3. The van der Waals surface area contributed by atoms with Crippen molar-refractivity contribution in [3.05, 3.63) is 59.3 Å². The number of anilines is 1. The van der Waals surface area contributed by atoms with Gasteiger partial charge in [0.25, 0.3) is 0 Å². The maximum absolute atomic E-state index is 11.2. The van der Waals surface area contributed by atoms with Crippen molar-refractivity contribution in [2.45, 2.75) is 32.7 Å². The average Bonchev–Trinajstić information content (AvgIpc) is 2.46. The van der Waals surface area contributed by atoms with Crippen LogP contribution in [-0.4, -0.2) is 22.1 Å². The highest BCUT2D eigenvalue weighted by molar-refractivity contribution is 5.93. The minimum absolute atomic E-state index is 0.151. The van der Waals surface area contributed by atoms with Gasteiger partial charge in [0.15, 0.2) is 0 Å². The number of carbonyl (C=O) groups is 1. The molecule has 0 aliphatic heterocycles. The molecule has 0 amide bonds. The van der Waals surface area contributed by atoms with Gasteiger partial charge in [0.05, 0.1) is 0 Å². The molecule has 1 aromatic heterocycles. The van der Waals surface area contributed by atoms with Crippen LogP contribution in [-0.2, 0) is 6.42 Å². The molecule has 0 radical (unpaired) electrons. The van der Waals surface area contributed by atoms with Crippen molar-refractivity contribution < 1.29 is 9.90 Å². The minimum Gasteiger partial charge on any atom is -0.478 e. The molecule has 0 fully saturated rings. The van der Waals surface area contributed by atoms with Crippen LogP contribution in [0.2, 0.25) is 0 Å². The molecule has 0 saturated carbocycles. The number of pyridine rings is 1. The van der Waals surface area contributed by atoms with Gasteiger partial charge in [0.2, 0.25) is 0 Å². The van der Waals surface area contributed by atoms with E-state index in [0.717, 1.165) is 18.5 Å². The Kier molecular flexibility index (Phi) is 4.93. The van der Waals surface area contributed by atoms with E-state index in [-0.39, 0.29) is 11.6 Å². The molecule has 0 aliphatic rings. The summed E-state index contributed by atoms with van der Waals surface area (Å²) in [5, 5.41) is 12.4. The fourth-order valence-corrected chi connectivity index (χ4v) is 2.17. The van der Waals surface area contributed by atoms with Crippen LogP contribution in [0.15, 0.2) is 42.5 Å². The van der Waals surface area contributed by atoms with Crippen LogP contribution in [0.4, 0.5) is 5.82 Å². The van der Waals surface area contributed by atoms with Crippen molar-refractivity contribution >= 4 is 11.8 Å². The maximum atomic E-state index is 11.2. The normalized spacial score (nSPS) is 11.9. The van der Waals surface area contributed by atoms with Crippen LogP contribution >= 0.6 is 0 Å².